The zero-order chi connectivity index (χ0) is 21.0. The van der Waals surface area contributed by atoms with E-state index in [1.807, 2.05) is 49.4 Å². The van der Waals surface area contributed by atoms with Crippen LogP contribution in [0.1, 0.15) is 34.6 Å². The van der Waals surface area contributed by atoms with Crippen molar-refractivity contribution in [3.05, 3.63) is 59.4 Å². The number of nitrogens with zero attached hydrogens (tertiary/aromatic N) is 1. The van der Waals surface area contributed by atoms with E-state index in [4.69, 9.17) is 18.7 Å². The summed E-state index contributed by atoms with van der Waals surface area (Å²) < 4.78 is 21.5. The highest BCUT2D eigenvalue weighted by Gasteiger charge is 2.24. The van der Waals surface area contributed by atoms with E-state index in [2.05, 4.69) is 10.5 Å². The van der Waals surface area contributed by atoms with Crippen LogP contribution in [0.4, 0.5) is 0 Å². The average Bonchev–Trinajstić information content (AvgIpc) is 3.14. The molecule has 0 saturated heterocycles. The zero-order valence-electron chi connectivity index (χ0n) is 17.1. The lowest BCUT2D eigenvalue weighted by Crippen LogP contribution is -2.27. The summed E-state index contributed by atoms with van der Waals surface area (Å²) in [6.07, 6.45) is 0. The molecule has 0 aliphatic heterocycles. The molecule has 0 saturated carbocycles. The fourth-order valence-electron chi connectivity index (χ4n) is 3.14. The van der Waals surface area contributed by atoms with Crippen molar-refractivity contribution < 1.29 is 23.5 Å². The molecular formula is C22H24N2O5. The molecule has 1 N–H and O–H groups in total. The lowest BCUT2D eigenvalue weighted by Gasteiger charge is -2.19. The molecule has 0 fully saturated rings. The number of amides is 1. The highest BCUT2D eigenvalue weighted by molar-refractivity contribution is 6.01. The molecule has 0 aliphatic rings. The van der Waals surface area contributed by atoms with Crippen LogP contribution in [0.15, 0.2) is 47.0 Å². The van der Waals surface area contributed by atoms with Gasteiger partial charge in [0.25, 0.3) is 5.91 Å². The molecule has 1 aromatic heterocycles. The van der Waals surface area contributed by atoms with Crippen LogP contribution in [0.3, 0.4) is 0 Å². The van der Waals surface area contributed by atoms with Crippen LogP contribution in [0.25, 0.3) is 11.3 Å². The topological polar surface area (TPSA) is 82.8 Å². The minimum absolute atomic E-state index is 0.274. The molecular weight excluding hydrogens is 372 g/mol. The highest BCUT2D eigenvalue weighted by Crippen LogP contribution is 2.39. The molecule has 1 heterocycles. The molecule has 0 radical (unpaired) electrons. The van der Waals surface area contributed by atoms with Gasteiger partial charge in [0.2, 0.25) is 5.75 Å². The summed E-state index contributed by atoms with van der Waals surface area (Å²) in [5.74, 6) is 1.73. The molecule has 7 nitrogen and oxygen atoms in total. The molecule has 3 rings (SSSR count). The van der Waals surface area contributed by atoms with Crippen molar-refractivity contribution in [2.24, 2.45) is 0 Å². The van der Waals surface area contributed by atoms with Crippen molar-refractivity contribution in [1.29, 1.82) is 0 Å². The summed E-state index contributed by atoms with van der Waals surface area (Å²) in [6.45, 7) is 3.60. The first kappa shape index (κ1) is 20.3. The highest BCUT2D eigenvalue weighted by atomic mass is 16.5. The van der Waals surface area contributed by atoms with Crippen LogP contribution in [0.5, 0.6) is 17.2 Å². The van der Waals surface area contributed by atoms with Crippen LogP contribution < -0.4 is 19.5 Å². The Labute approximate surface area is 169 Å². The SMILES string of the molecule is COc1cc(C(C)NC(=O)c2c(-c3ccccc3)noc2C)cc(OC)c1OC. The van der Waals surface area contributed by atoms with E-state index in [0.717, 1.165) is 11.1 Å². The number of aromatic nitrogens is 1. The van der Waals surface area contributed by atoms with Gasteiger partial charge < -0.3 is 24.1 Å². The number of carbonyl (C=O) groups is 1. The smallest absolute Gasteiger partial charge is 0.257 e. The Hall–Kier alpha value is -3.48. The maximum absolute atomic E-state index is 13.0. The predicted molar refractivity (Wildman–Crippen MR) is 109 cm³/mol. The van der Waals surface area contributed by atoms with Gasteiger partial charge in [-0.1, -0.05) is 35.5 Å². The monoisotopic (exact) mass is 396 g/mol. The molecule has 7 heteroatoms. The van der Waals surface area contributed by atoms with Gasteiger partial charge in [-0.3, -0.25) is 4.79 Å². The van der Waals surface area contributed by atoms with Gasteiger partial charge in [0.1, 0.15) is 17.0 Å². The molecule has 1 amide bonds. The second-order valence-electron chi connectivity index (χ2n) is 6.48. The summed E-state index contributed by atoms with van der Waals surface area (Å²) in [6, 6.07) is 12.7. The van der Waals surface area contributed by atoms with Crippen molar-refractivity contribution >= 4 is 5.91 Å². The van der Waals surface area contributed by atoms with Crippen LogP contribution in [0.2, 0.25) is 0 Å². The fourth-order valence-corrected chi connectivity index (χ4v) is 3.14. The van der Waals surface area contributed by atoms with Crippen LogP contribution >= 0.6 is 0 Å². The maximum atomic E-state index is 13.0. The van der Waals surface area contributed by atoms with Gasteiger partial charge in [0, 0.05) is 5.56 Å². The second kappa shape index (κ2) is 8.68. The summed E-state index contributed by atoms with van der Waals surface area (Å²) in [5.41, 5.74) is 2.55. The van der Waals surface area contributed by atoms with Gasteiger partial charge in [-0.05, 0) is 31.5 Å². The Morgan fingerprint density at radius 2 is 1.66 bits per heavy atom. The zero-order valence-corrected chi connectivity index (χ0v) is 17.1. The van der Waals surface area contributed by atoms with E-state index < -0.39 is 0 Å². The third kappa shape index (κ3) is 4.03. The van der Waals surface area contributed by atoms with Gasteiger partial charge in [-0.25, -0.2) is 0 Å². The predicted octanol–water partition coefficient (Wildman–Crippen LogP) is 4.17. The van der Waals surface area contributed by atoms with Crippen LogP contribution in [-0.2, 0) is 0 Å². The first-order valence-corrected chi connectivity index (χ1v) is 9.12. The molecule has 0 aliphatic carbocycles. The summed E-state index contributed by atoms with van der Waals surface area (Å²) in [4.78, 5) is 13.0. The molecule has 0 bridgehead atoms. The van der Waals surface area contributed by atoms with E-state index in [9.17, 15) is 4.79 Å². The molecule has 1 atom stereocenters. The Bertz CT molecular complexity index is 973. The number of hydrogen-bond acceptors (Lipinski definition) is 6. The number of hydrogen-bond donors (Lipinski definition) is 1. The van der Waals surface area contributed by atoms with Crippen molar-refractivity contribution in [2.75, 3.05) is 21.3 Å². The van der Waals surface area contributed by atoms with E-state index >= 15 is 0 Å². The Kier molecular flexibility index (Phi) is 6.07. The number of carbonyl (C=O) groups excluding carboxylic acids is 1. The van der Waals surface area contributed by atoms with Gasteiger partial charge in [-0.15, -0.1) is 0 Å². The van der Waals surface area contributed by atoms with E-state index in [1.54, 1.807) is 28.3 Å². The molecule has 152 valence electrons. The van der Waals surface area contributed by atoms with Crippen molar-refractivity contribution in [2.45, 2.75) is 19.9 Å². The average molecular weight is 396 g/mol. The number of ether oxygens (including phenoxy) is 3. The minimum atomic E-state index is -0.325. The van der Waals surface area contributed by atoms with Gasteiger partial charge >= 0.3 is 0 Å². The quantitative estimate of drug-likeness (QED) is 0.645. The number of benzene rings is 2. The standard InChI is InChI=1S/C22H24N2O5/c1-13(16-11-17(26-3)21(28-5)18(12-16)27-4)23-22(25)19-14(2)29-24-20(19)15-9-7-6-8-10-15/h6-13H,1-5H3,(H,23,25). The van der Waals surface area contributed by atoms with E-state index in [1.165, 1.54) is 0 Å². The molecule has 2 aromatic carbocycles. The molecule has 0 spiro atoms. The number of nitrogens with one attached hydrogen (secondary N) is 1. The fraction of sp³-hybridized carbons (Fsp3) is 0.273. The number of rotatable bonds is 7. The Morgan fingerprint density at radius 1 is 1.03 bits per heavy atom. The summed E-state index contributed by atoms with van der Waals surface area (Å²) in [7, 11) is 4.65. The van der Waals surface area contributed by atoms with Crippen molar-refractivity contribution in [3.63, 3.8) is 0 Å². The Balaban J connectivity index is 1.90. The lowest BCUT2D eigenvalue weighted by molar-refractivity contribution is 0.0938. The van der Waals surface area contributed by atoms with Gasteiger partial charge in [0.05, 0.1) is 27.4 Å². The lowest BCUT2D eigenvalue weighted by atomic mass is 10.0. The largest absolute Gasteiger partial charge is 0.493 e. The summed E-state index contributed by atoms with van der Waals surface area (Å²) in [5, 5.41) is 7.07. The minimum Gasteiger partial charge on any atom is -0.493 e. The van der Waals surface area contributed by atoms with Crippen LogP contribution in [0, 0.1) is 6.92 Å². The molecule has 1 unspecified atom stereocenters. The third-order valence-electron chi connectivity index (χ3n) is 4.67. The van der Waals surface area contributed by atoms with Gasteiger partial charge in [-0.2, -0.15) is 0 Å². The second-order valence-corrected chi connectivity index (χ2v) is 6.48. The Morgan fingerprint density at radius 3 is 2.21 bits per heavy atom. The first-order valence-electron chi connectivity index (χ1n) is 9.12. The van der Waals surface area contributed by atoms with Crippen LogP contribution in [-0.4, -0.2) is 32.4 Å². The summed E-state index contributed by atoms with van der Waals surface area (Å²) >= 11 is 0. The van der Waals surface area contributed by atoms with Gasteiger partial charge in [0.15, 0.2) is 11.5 Å². The van der Waals surface area contributed by atoms with Crippen molar-refractivity contribution in [3.8, 4) is 28.5 Å². The molecule has 29 heavy (non-hydrogen) atoms. The third-order valence-corrected chi connectivity index (χ3v) is 4.67. The van der Waals surface area contributed by atoms with E-state index in [0.29, 0.717) is 34.3 Å². The first-order chi connectivity index (χ1) is 14.0. The van der Waals surface area contributed by atoms with Crippen molar-refractivity contribution in [1.82, 2.24) is 10.5 Å². The number of aryl methyl sites for hydroxylation is 1. The normalized spacial score (nSPS) is 11.6. The molecule has 3 aromatic rings. The number of methoxy groups -OCH3 is 3. The maximum Gasteiger partial charge on any atom is 0.257 e. The van der Waals surface area contributed by atoms with E-state index in [-0.39, 0.29) is 11.9 Å².